The van der Waals surface area contributed by atoms with Crippen LogP contribution in [0.2, 0.25) is 0 Å². The molecule has 2 aliphatic rings. The van der Waals surface area contributed by atoms with Crippen LogP contribution in [0.4, 0.5) is 0 Å². The van der Waals surface area contributed by atoms with Crippen LogP contribution in [0, 0.1) is 11.8 Å². The van der Waals surface area contributed by atoms with Crippen LogP contribution < -0.4 is 0 Å². The number of ether oxygens (including phenoxy) is 1. The van der Waals surface area contributed by atoms with Gasteiger partial charge in [-0.05, 0) is 24.8 Å². The Morgan fingerprint density at radius 1 is 1.48 bits per heavy atom. The predicted octanol–water partition coefficient (Wildman–Crippen LogP) is 1.59. The van der Waals surface area contributed by atoms with Gasteiger partial charge in [0.05, 0.1) is 31.2 Å². The van der Waals surface area contributed by atoms with Gasteiger partial charge in [0, 0.05) is 39.3 Å². The number of piperidine rings is 1. The highest BCUT2D eigenvalue weighted by Crippen LogP contribution is 2.32. The lowest BCUT2D eigenvalue weighted by molar-refractivity contribution is -0.146. The van der Waals surface area contributed by atoms with E-state index in [-0.39, 0.29) is 11.8 Å². The Morgan fingerprint density at radius 2 is 2.33 bits per heavy atom. The fraction of sp³-hybridized carbons (Fsp3) is 0.688. The largest absolute Gasteiger partial charge is 0.472 e. The van der Waals surface area contributed by atoms with Crippen molar-refractivity contribution in [3.63, 3.8) is 0 Å². The van der Waals surface area contributed by atoms with E-state index in [1.165, 1.54) is 5.56 Å². The molecule has 116 valence electrons. The Morgan fingerprint density at radius 3 is 3.05 bits per heavy atom. The first-order valence-electron chi connectivity index (χ1n) is 7.69. The van der Waals surface area contributed by atoms with Gasteiger partial charge in [-0.15, -0.1) is 0 Å². The molecule has 0 bridgehead atoms. The molecule has 0 aliphatic carbocycles. The number of furan rings is 1. The molecule has 1 aromatic rings. The maximum atomic E-state index is 12.1. The van der Waals surface area contributed by atoms with Crippen LogP contribution in [0.5, 0.6) is 0 Å². The average Bonchev–Trinajstić information content (AvgIpc) is 2.98. The zero-order valence-corrected chi connectivity index (χ0v) is 12.8. The van der Waals surface area contributed by atoms with Crippen molar-refractivity contribution in [1.82, 2.24) is 9.80 Å². The number of amides is 1. The summed E-state index contributed by atoms with van der Waals surface area (Å²) in [6.45, 7) is 3.57. The summed E-state index contributed by atoms with van der Waals surface area (Å²) in [5.74, 6) is 0.684. The zero-order valence-electron chi connectivity index (χ0n) is 12.8. The molecule has 2 aliphatic heterocycles. The summed E-state index contributed by atoms with van der Waals surface area (Å²) >= 11 is 0. The van der Waals surface area contributed by atoms with Gasteiger partial charge in [0.15, 0.2) is 0 Å². The lowest BCUT2D eigenvalue weighted by Gasteiger charge is -2.43. The minimum atomic E-state index is 0.0233. The molecule has 0 radical (unpaired) electrons. The monoisotopic (exact) mass is 292 g/mol. The summed E-state index contributed by atoms with van der Waals surface area (Å²) < 4.78 is 11.1. The van der Waals surface area contributed by atoms with Crippen LogP contribution in [0.1, 0.15) is 18.4 Å². The normalized spacial score (nSPS) is 29.9. The van der Waals surface area contributed by atoms with Gasteiger partial charge in [0.25, 0.3) is 0 Å². The topological polar surface area (TPSA) is 45.9 Å². The van der Waals surface area contributed by atoms with Crippen molar-refractivity contribution >= 4 is 5.91 Å². The predicted molar refractivity (Wildman–Crippen MR) is 78.6 cm³/mol. The van der Waals surface area contributed by atoms with Crippen molar-refractivity contribution in [2.45, 2.75) is 25.5 Å². The molecule has 1 amide bonds. The Hall–Kier alpha value is -1.33. The zero-order chi connectivity index (χ0) is 14.8. The third-order valence-electron chi connectivity index (χ3n) is 4.62. The molecule has 0 aromatic carbocycles. The van der Waals surface area contributed by atoms with Gasteiger partial charge in [0.2, 0.25) is 5.91 Å². The van der Waals surface area contributed by atoms with Gasteiger partial charge in [-0.1, -0.05) is 0 Å². The Bertz CT molecular complexity index is 472. The minimum Gasteiger partial charge on any atom is -0.472 e. The van der Waals surface area contributed by atoms with Crippen LogP contribution in [-0.2, 0) is 16.1 Å². The maximum absolute atomic E-state index is 12.1. The fourth-order valence-electron chi connectivity index (χ4n) is 3.53. The van der Waals surface area contributed by atoms with Crippen molar-refractivity contribution in [2.75, 3.05) is 33.8 Å². The lowest BCUT2D eigenvalue weighted by atomic mass is 9.83. The van der Waals surface area contributed by atoms with Crippen LogP contribution in [0.15, 0.2) is 23.0 Å². The Kier molecular flexibility index (Phi) is 4.31. The third-order valence-corrected chi connectivity index (χ3v) is 4.62. The molecule has 0 spiro atoms. The van der Waals surface area contributed by atoms with Crippen molar-refractivity contribution < 1.29 is 13.9 Å². The van der Waals surface area contributed by atoms with E-state index in [0.29, 0.717) is 18.6 Å². The number of rotatable bonds is 3. The molecule has 3 atom stereocenters. The second kappa shape index (κ2) is 6.20. The summed E-state index contributed by atoms with van der Waals surface area (Å²) in [7, 11) is 3.64. The number of nitrogens with zero attached hydrogens (tertiary/aromatic N) is 2. The van der Waals surface area contributed by atoms with E-state index in [4.69, 9.17) is 9.15 Å². The summed E-state index contributed by atoms with van der Waals surface area (Å²) in [5, 5.41) is 0. The fourth-order valence-corrected chi connectivity index (χ4v) is 3.53. The van der Waals surface area contributed by atoms with Crippen LogP contribution in [-0.4, -0.2) is 55.6 Å². The van der Waals surface area contributed by atoms with Crippen molar-refractivity contribution in [2.24, 2.45) is 11.8 Å². The summed E-state index contributed by atoms with van der Waals surface area (Å²) in [5.41, 5.74) is 1.21. The van der Waals surface area contributed by atoms with Gasteiger partial charge in [-0.3, -0.25) is 9.69 Å². The van der Waals surface area contributed by atoms with E-state index in [0.717, 1.165) is 32.5 Å². The minimum absolute atomic E-state index is 0.0233. The smallest absolute Gasteiger partial charge is 0.227 e. The molecule has 5 heteroatoms. The molecule has 5 nitrogen and oxygen atoms in total. The number of hydrogen-bond donors (Lipinski definition) is 0. The Labute approximate surface area is 125 Å². The van der Waals surface area contributed by atoms with Gasteiger partial charge < -0.3 is 14.1 Å². The van der Waals surface area contributed by atoms with E-state index in [1.807, 2.05) is 26.4 Å². The first-order chi connectivity index (χ1) is 10.1. The second-order valence-corrected chi connectivity index (χ2v) is 6.45. The highest BCUT2D eigenvalue weighted by atomic mass is 16.5. The SMILES string of the molecule is CN(C)C(=O)[C@@H]1CO[C@@H]2CCN(Cc3ccoc3)C[C@@H]2C1. The molecule has 2 fully saturated rings. The van der Waals surface area contributed by atoms with E-state index >= 15 is 0 Å². The molecule has 0 saturated carbocycles. The van der Waals surface area contributed by atoms with Gasteiger partial charge >= 0.3 is 0 Å². The van der Waals surface area contributed by atoms with Gasteiger partial charge in [-0.2, -0.15) is 0 Å². The second-order valence-electron chi connectivity index (χ2n) is 6.45. The third kappa shape index (κ3) is 3.30. The van der Waals surface area contributed by atoms with Crippen LogP contribution in [0.25, 0.3) is 0 Å². The number of carbonyl (C=O) groups excluding carboxylic acids is 1. The molecule has 0 unspecified atom stereocenters. The number of likely N-dealkylation sites (tertiary alicyclic amines) is 1. The molecule has 3 heterocycles. The molecule has 0 N–H and O–H groups in total. The van der Waals surface area contributed by atoms with Crippen LogP contribution >= 0.6 is 0 Å². The summed E-state index contributed by atoms with van der Waals surface area (Å²) in [6.07, 6.45) is 5.87. The van der Waals surface area contributed by atoms with E-state index in [2.05, 4.69) is 4.90 Å². The highest BCUT2D eigenvalue weighted by Gasteiger charge is 2.38. The highest BCUT2D eigenvalue weighted by molar-refractivity contribution is 5.78. The molecule has 2 saturated heterocycles. The van der Waals surface area contributed by atoms with E-state index < -0.39 is 0 Å². The van der Waals surface area contributed by atoms with Gasteiger partial charge in [-0.25, -0.2) is 0 Å². The quantitative estimate of drug-likeness (QED) is 0.849. The first kappa shape index (κ1) is 14.6. The summed E-state index contributed by atoms with van der Waals surface area (Å²) in [6, 6.07) is 2.02. The van der Waals surface area contributed by atoms with E-state index in [9.17, 15) is 4.79 Å². The van der Waals surface area contributed by atoms with Gasteiger partial charge in [0.1, 0.15) is 0 Å². The summed E-state index contributed by atoms with van der Waals surface area (Å²) in [4.78, 5) is 16.3. The van der Waals surface area contributed by atoms with Crippen molar-refractivity contribution in [1.29, 1.82) is 0 Å². The molecule has 21 heavy (non-hydrogen) atoms. The first-order valence-corrected chi connectivity index (χ1v) is 7.69. The molecular weight excluding hydrogens is 268 g/mol. The lowest BCUT2D eigenvalue weighted by Crippen LogP contribution is -2.50. The number of fused-ring (bicyclic) bond motifs is 1. The standard InChI is InChI=1S/C16H24N2O3/c1-17(2)16(19)14-7-13-9-18(5-3-15(13)21-11-14)8-12-4-6-20-10-12/h4,6,10,13-15H,3,5,7-9,11H2,1-2H3/t13-,14-,15+/m0/s1. The number of carbonyl (C=O) groups is 1. The Balaban J connectivity index is 1.58. The van der Waals surface area contributed by atoms with Crippen molar-refractivity contribution in [3.05, 3.63) is 24.2 Å². The molecule has 3 rings (SSSR count). The molecular formula is C16H24N2O3. The average molecular weight is 292 g/mol. The molecule has 1 aromatic heterocycles. The van der Waals surface area contributed by atoms with Crippen molar-refractivity contribution in [3.8, 4) is 0 Å². The van der Waals surface area contributed by atoms with E-state index in [1.54, 1.807) is 11.2 Å². The maximum Gasteiger partial charge on any atom is 0.227 e. The number of hydrogen-bond acceptors (Lipinski definition) is 4. The van der Waals surface area contributed by atoms with Crippen LogP contribution in [0.3, 0.4) is 0 Å².